The van der Waals surface area contributed by atoms with E-state index in [4.69, 9.17) is 9.47 Å². The fraction of sp³-hybridized carbons (Fsp3) is 0.393. The Balaban J connectivity index is 0.00000507. The zero-order chi connectivity index (χ0) is 27.3. The molecule has 0 fully saturated rings. The van der Waals surface area contributed by atoms with Crippen LogP contribution in [0.3, 0.4) is 0 Å². The number of aromatic carboxylic acids is 1. The van der Waals surface area contributed by atoms with Crippen LogP contribution >= 0.6 is 0 Å². The summed E-state index contributed by atoms with van der Waals surface area (Å²) in [7, 11) is 8.88. The molecule has 0 aliphatic heterocycles. The van der Waals surface area contributed by atoms with E-state index < -0.39 is 5.97 Å². The number of carbonyl (C=O) groups is 2. The Hall–Kier alpha value is -2.21. The normalized spacial score (nSPS) is 10.9. The van der Waals surface area contributed by atoms with Crippen LogP contribution in [0.25, 0.3) is 16.9 Å². The average molecular weight is 547 g/mol. The van der Waals surface area contributed by atoms with Gasteiger partial charge in [-0.25, -0.2) is 4.68 Å². The maximum atomic E-state index is 13.2. The SMILES string of the molecule is COc1cccc(OC)c1-c1cc(C(=O)[O-])nn1-c1ccc(C(=O)N(C)CCCN(C)C)cc1C(C)C.[K+]. The Morgan fingerprint density at radius 1 is 1.00 bits per heavy atom. The van der Waals surface area contributed by atoms with E-state index >= 15 is 0 Å². The summed E-state index contributed by atoms with van der Waals surface area (Å²) in [6.07, 6.45) is 0.869. The van der Waals surface area contributed by atoms with E-state index in [1.54, 1.807) is 47.0 Å². The first kappa shape index (κ1) is 32.0. The molecule has 0 spiro atoms. The van der Waals surface area contributed by atoms with Crippen LogP contribution < -0.4 is 66.0 Å². The molecule has 1 aromatic heterocycles. The molecule has 0 radical (unpaired) electrons. The molecule has 1 heterocycles. The minimum Gasteiger partial charge on any atom is -0.543 e. The molecule has 0 bridgehead atoms. The van der Waals surface area contributed by atoms with Crippen molar-refractivity contribution in [2.24, 2.45) is 0 Å². The Morgan fingerprint density at radius 3 is 2.16 bits per heavy atom. The van der Waals surface area contributed by atoms with Gasteiger partial charge in [-0.1, -0.05) is 19.9 Å². The van der Waals surface area contributed by atoms with Crippen molar-refractivity contribution >= 4 is 11.9 Å². The number of hydrogen-bond donors (Lipinski definition) is 0. The molecule has 0 aliphatic carbocycles. The third-order valence-electron chi connectivity index (χ3n) is 6.17. The Labute approximate surface area is 267 Å². The number of nitrogens with zero attached hydrogens (tertiary/aromatic N) is 4. The fourth-order valence-corrected chi connectivity index (χ4v) is 4.24. The number of carboxylic acids is 1. The molecular formula is C28H35KN4O5. The van der Waals surface area contributed by atoms with Crippen LogP contribution in [-0.4, -0.2) is 79.9 Å². The van der Waals surface area contributed by atoms with Gasteiger partial charge in [-0.05, 0) is 74.9 Å². The quantitative estimate of drug-likeness (QED) is 0.314. The van der Waals surface area contributed by atoms with Gasteiger partial charge in [0.1, 0.15) is 17.2 Å². The Morgan fingerprint density at radius 2 is 1.63 bits per heavy atom. The summed E-state index contributed by atoms with van der Waals surface area (Å²) < 4.78 is 12.7. The standard InChI is InChI=1S/C28H36N4O5.K/c1-18(2)20-16-19(27(33)31(5)15-9-14-30(3)4)12-13-22(20)32-23(17-21(29-32)28(34)35)26-24(36-6)10-8-11-25(26)37-7;/h8,10-13,16-18H,9,14-15H2,1-7H3,(H,34,35);/q;+1/p-1. The summed E-state index contributed by atoms with van der Waals surface area (Å²) in [6, 6.07) is 12.2. The van der Waals surface area contributed by atoms with Crippen LogP contribution in [0.15, 0.2) is 42.5 Å². The number of carbonyl (C=O) groups excluding carboxylic acids is 2. The second-order valence-electron chi connectivity index (χ2n) is 9.46. The van der Waals surface area contributed by atoms with Gasteiger partial charge < -0.3 is 29.2 Å². The molecule has 0 atom stereocenters. The predicted molar refractivity (Wildman–Crippen MR) is 141 cm³/mol. The van der Waals surface area contributed by atoms with Crippen molar-refractivity contribution < 1.29 is 75.6 Å². The molecule has 9 nitrogen and oxygen atoms in total. The summed E-state index contributed by atoms with van der Waals surface area (Å²) in [5, 5.41) is 16.2. The number of carboxylic acid groups (broad SMARTS) is 1. The van der Waals surface area contributed by atoms with E-state index in [1.165, 1.54) is 20.3 Å². The molecule has 0 saturated heterocycles. The largest absolute Gasteiger partial charge is 1.00 e. The maximum absolute atomic E-state index is 13.2. The van der Waals surface area contributed by atoms with Crippen molar-refractivity contribution in [3.8, 4) is 28.4 Å². The molecule has 10 heteroatoms. The van der Waals surface area contributed by atoms with E-state index in [1.807, 2.05) is 34.0 Å². The van der Waals surface area contributed by atoms with Crippen LogP contribution in [0.1, 0.15) is 52.6 Å². The molecule has 0 saturated carbocycles. The molecule has 0 N–H and O–H groups in total. The summed E-state index contributed by atoms with van der Waals surface area (Å²) in [4.78, 5) is 28.8. The molecule has 38 heavy (non-hydrogen) atoms. The second kappa shape index (κ2) is 14.3. The van der Waals surface area contributed by atoms with Gasteiger partial charge in [0, 0.05) is 19.2 Å². The van der Waals surface area contributed by atoms with Crippen LogP contribution in [0.5, 0.6) is 11.5 Å². The number of benzene rings is 2. The molecule has 0 unspecified atom stereocenters. The average Bonchev–Trinajstić information content (AvgIpc) is 3.32. The van der Waals surface area contributed by atoms with E-state index in [2.05, 4.69) is 10.00 Å². The van der Waals surface area contributed by atoms with Crippen molar-refractivity contribution in [2.45, 2.75) is 26.2 Å². The number of rotatable bonds is 11. The number of amides is 1. The molecule has 0 aliphatic rings. The summed E-state index contributed by atoms with van der Waals surface area (Å²) in [5.74, 6) is -0.448. The van der Waals surface area contributed by atoms with Gasteiger partial charge >= 0.3 is 51.4 Å². The third-order valence-corrected chi connectivity index (χ3v) is 6.17. The van der Waals surface area contributed by atoms with Crippen molar-refractivity contribution in [1.82, 2.24) is 19.6 Å². The molecule has 3 rings (SSSR count). The third kappa shape index (κ3) is 7.25. The van der Waals surface area contributed by atoms with Crippen LogP contribution in [0.4, 0.5) is 0 Å². The van der Waals surface area contributed by atoms with Crippen molar-refractivity contribution in [2.75, 3.05) is 48.5 Å². The zero-order valence-corrected chi connectivity index (χ0v) is 26.7. The molecule has 1 amide bonds. The first-order valence-corrected chi connectivity index (χ1v) is 12.2. The van der Waals surface area contributed by atoms with E-state index in [9.17, 15) is 14.7 Å². The van der Waals surface area contributed by atoms with E-state index in [0.717, 1.165) is 18.5 Å². The second-order valence-corrected chi connectivity index (χ2v) is 9.46. The number of aromatic nitrogens is 2. The zero-order valence-electron chi connectivity index (χ0n) is 23.6. The van der Waals surface area contributed by atoms with Gasteiger partial charge in [0.05, 0.1) is 37.1 Å². The summed E-state index contributed by atoms with van der Waals surface area (Å²) >= 11 is 0. The summed E-state index contributed by atoms with van der Waals surface area (Å²) in [5.41, 5.74) is 2.85. The first-order valence-electron chi connectivity index (χ1n) is 12.2. The topological polar surface area (TPSA) is 100.0 Å². The maximum Gasteiger partial charge on any atom is 1.00 e. The van der Waals surface area contributed by atoms with E-state index in [0.29, 0.717) is 40.6 Å². The molecular weight excluding hydrogens is 511 g/mol. The smallest absolute Gasteiger partial charge is 0.543 e. The minimum absolute atomic E-state index is 0. The molecule has 3 aromatic rings. The predicted octanol–water partition coefficient (Wildman–Crippen LogP) is 0.0711. The van der Waals surface area contributed by atoms with Crippen LogP contribution in [0, 0.1) is 0 Å². The van der Waals surface area contributed by atoms with Gasteiger partial charge in [-0.3, -0.25) is 4.79 Å². The van der Waals surface area contributed by atoms with Crippen LogP contribution in [-0.2, 0) is 0 Å². The van der Waals surface area contributed by atoms with Crippen LogP contribution in [0.2, 0.25) is 0 Å². The van der Waals surface area contributed by atoms with Crippen molar-refractivity contribution in [3.63, 3.8) is 0 Å². The number of methoxy groups -OCH3 is 2. The van der Waals surface area contributed by atoms with E-state index in [-0.39, 0.29) is 68.9 Å². The van der Waals surface area contributed by atoms with Gasteiger partial charge in [-0.2, -0.15) is 5.10 Å². The molecule has 198 valence electrons. The van der Waals surface area contributed by atoms with Gasteiger partial charge in [0.2, 0.25) is 0 Å². The van der Waals surface area contributed by atoms with Crippen molar-refractivity contribution in [1.29, 1.82) is 0 Å². The van der Waals surface area contributed by atoms with Gasteiger partial charge in [-0.15, -0.1) is 0 Å². The molecule has 2 aromatic carbocycles. The fourth-order valence-electron chi connectivity index (χ4n) is 4.24. The Bertz CT molecular complexity index is 1250. The minimum atomic E-state index is -1.40. The Kier molecular flexibility index (Phi) is 12.0. The first-order chi connectivity index (χ1) is 17.6. The number of ether oxygens (including phenoxy) is 2. The van der Waals surface area contributed by atoms with Gasteiger partial charge in [0.25, 0.3) is 5.91 Å². The van der Waals surface area contributed by atoms with Crippen molar-refractivity contribution in [3.05, 3.63) is 59.3 Å². The monoisotopic (exact) mass is 546 g/mol. The summed E-state index contributed by atoms with van der Waals surface area (Å²) in [6.45, 7) is 5.56. The number of hydrogen-bond acceptors (Lipinski definition) is 7. The van der Waals surface area contributed by atoms with Gasteiger partial charge in [0.15, 0.2) is 0 Å².